The summed E-state index contributed by atoms with van der Waals surface area (Å²) in [6.07, 6.45) is 1.15. The number of fused-ring (bicyclic) bond motifs is 1. The van der Waals surface area contributed by atoms with Crippen LogP contribution in [-0.2, 0) is 22.4 Å². The van der Waals surface area contributed by atoms with Crippen molar-refractivity contribution >= 4 is 5.97 Å². The zero-order valence-electron chi connectivity index (χ0n) is 13.5. The first-order chi connectivity index (χ1) is 12.1. The van der Waals surface area contributed by atoms with Crippen LogP contribution < -0.4 is 9.47 Å². The van der Waals surface area contributed by atoms with Gasteiger partial charge < -0.3 is 24.4 Å². The second-order valence-corrected chi connectivity index (χ2v) is 6.42. The quantitative estimate of drug-likeness (QED) is 0.656. The molecule has 0 amide bonds. The van der Waals surface area contributed by atoms with Gasteiger partial charge in [-0.3, -0.25) is 4.79 Å². The van der Waals surface area contributed by atoms with Crippen molar-refractivity contribution in [1.29, 1.82) is 0 Å². The lowest BCUT2D eigenvalue weighted by Gasteiger charge is -2.16. The molecule has 0 aliphatic carbocycles. The van der Waals surface area contributed by atoms with Crippen molar-refractivity contribution < 1.29 is 29.2 Å². The second-order valence-electron chi connectivity index (χ2n) is 6.42. The van der Waals surface area contributed by atoms with Crippen LogP contribution in [0.4, 0.5) is 0 Å². The van der Waals surface area contributed by atoms with E-state index < -0.39 is 0 Å². The third-order valence-corrected chi connectivity index (χ3v) is 4.74. The Kier molecular flexibility index (Phi) is 3.87. The molecule has 4 rings (SSSR count). The predicted molar refractivity (Wildman–Crippen MR) is 87.7 cm³/mol. The van der Waals surface area contributed by atoms with Crippen molar-refractivity contribution in [1.82, 2.24) is 0 Å². The Morgan fingerprint density at radius 3 is 2.48 bits per heavy atom. The smallest absolute Gasteiger partial charge is 0.309 e. The summed E-state index contributed by atoms with van der Waals surface area (Å²) in [7, 11) is 0. The first-order valence-corrected chi connectivity index (χ1v) is 8.16. The average Bonchev–Trinajstić information content (AvgIpc) is 3.19. The lowest BCUT2D eigenvalue weighted by atomic mass is 9.85. The number of carbonyl (C=O) groups is 1. The van der Waals surface area contributed by atoms with E-state index in [4.69, 9.17) is 14.2 Å². The van der Waals surface area contributed by atoms with Crippen LogP contribution in [-0.4, -0.2) is 29.6 Å². The van der Waals surface area contributed by atoms with Crippen molar-refractivity contribution in [3.05, 3.63) is 47.5 Å². The normalized spacial score (nSPS) is 21.4. The maximum Gasteiger partial charge on any atom is 0.309 e. The number of esters is 1. The fourth-order valence-electron chi connectivity index (χ4n) is 3.38. The van der Waals surface area contributed by atoms with Crippen LogP contribution in [0.15, 0.2) is 36.4 Å². The molecule has 25 heavy (non-hydrogen) atoms. The number of carbonyl (C=O) groups excluding carboxylic acids is 1. The zero-order valence-corrected chi connectivity index (χ0v) is 13.5. The number of cyclic esters (lactones) is 1. The number of ether oxygens (including phenoxy) is 3. The number of aromatic hydroxyl groups is 2. The SMILES string of the molecule is O=C1OC[C@@H](Cc2ccc(O)c(O)c2)[C@H]1Cc1ccc2c(c1)OCO2. The van der Waals surface area contributed by atoms with Crippen LogP contribution in [0.25, 0.3) is 0 Å². The Morgan fingerprint density at radius 2 is 1.64 bits per heavy atom. The summed E-state index contributed by atoms with van der Waals surface area (Å²) in [4.78, 5) is 12.2. The van der Waals surface area contributed by atoms with Crippen LogP contribution >= 0.6 is 0 Å². The lowest BCUT2D eigenvalue weighted by Crippen LogP contribution is -2.20. The minimum Gasteiger partial charge on any atom is -0.504 e. The van der Waals surface area contributed by atoms with E-state index in [1.165, 1.54) is 12.1 Å². The number of phenols is 2. The van der Waals surface area contributed by atoms with Crippen molar-refractivity contribution in [3.8, 4) is 23.0 Å². The summed E-state index contributed by atoms with van der Waals surface area (Å²) >= 11 is 0. The van der Waals surface area contributed by atoms with Gasteiger partial charge in [0.2, 0.25) is 6.79 Å². The van der Waals surface area contributed by atoms with Gasteiger partial charge in [-0.2, -0.15) is 0 Å². The van der Waals surface area contributed by atoms with E-state index >= 15 is 0 Å². The van der Waals surface area contributed by atoms with Gasteiger partial charge in [0.05, 0.1) is 12.5 Å². The number of phenolic OH excluding ortho intramolecular Hbond substituents is 2. The van der Waals surface area contributed by atoms with E-state index in [9.17, 15) is 15.0 Å². The molecular weight excluding hydrogens is 324 g/mol. The molecule has 0 spiro atoms. The van der Waals surface area contributed by atoms with Crippen molar-refractivity contribution in [2.45, 2.75) is 12.8 Å². The molecule has 130 valence electrons. The molecule has 2 aliphatic rings. The Bertz CT molecular complexity index is 816. The lowest BCUT2D eigenvalue weighted by molar-refractivity contribution is -0.141. The number of hydrogen-bond acceptors (Lipinski definition) is 6. The van der Waals surface area contributed by atoms with Crippen LogP contribution in [0.1, 0.15) is 11.1 Å². The van der Waals surface area contributed by atoms with Crippen LogP contribution in [0.5, 0.6) is 23.0 Å². The fourth-order valence-corrected chi connectivity index (χ4v) is 3.38. The Balaban J connectivity index is 1.50. The van der Waals surface area contributed by atoms with Gasteiger partial charge in [0, 0.05) is 5.92 Å². The minimum atomic E-state index is -0.253. The molecule has 0 radical (unpaired) electrons. The second kappa shape index (κ2) is 6.20. The van der Waals surface area contributed by atoms with Gasteiger partial charge in [0.25, 0.3) is 0 Å². The molecule has 0 aromatic heterocycles. The van der Waals surface area contributed by atoms with Crippen molar-refractivity contribution in [2.75, 3.05) is 13.4 Å². The maximum atomic E-state index is 12.2. The highest BCUT2D eigenvalue weighted by Gasteiger charge is 2.37. The molecule has 2 aliphatic heterocycles. The summed E-state index contributed by atoms with van der Waals surface area (Å²) in [5, 5.41) is 19.1. The van der Waals surface area contributed by atoms with E-state index in [0.717, 1.165) is 11.1 Å². The van der Waals surface area contributed by atoms with Gasteiger partial charge in [-0.15, -0.1) is 0 Å². The van der Waals surface area contributed by atoms with Crippen molar-refractivity contribution in [2.24, 2.45) is 11.8 Å². The van der Waals surface area contributed by atoms with E-state index in [1.807, 2.05) is 18.2 Å². The molecule has 0 unspecified atom stereocenters. The molecule has 6 nitrogen and oxygen atoms in total. The number of rotatable bonds is 4. The molecule has 2 heterocycles. The Morgan fingerprint density at radius 1 is 0.880 bits per heavy atom. The minimum absolute atomic E-state index is 0.0156. The zero-order chi connectivity index (χ0) is 17.4. The summed E-state index contributed by atoms with van der Waals surface area (Å²) in [5.74, 6) is 0.663. The molecule has 0 bridgehead atoms. The van der Waals surface area contributed by atoms with E-state index in [1.54, 1.807) is 6.07 Å². The van der Waals surface area contributed by atoms with Crippen LogP contribution in [0, 0.1) is 11.8 Å². The highest BCUT2D eigenvalue weighted by atomic mass is 16.7. The molecule has 2 atom stereocenters. The van der Waals surface area contributed by atoms with E-state index in [2.05, 4.69) is 0 Å². The Hall–Kier alpha value is -2.89. The van der Waals surface area contributed by atoms with E-state index in [-0.39, 0.29) is 36.1 Å². The molecule has 2 aromatic carbocycles. The standard InChI is InChI=1S/C19H18O6/c20-15-3-1-11(7-16(15)21)5-13-9-23-19(22)14(13)6-12-2-4-17-18(8-12)25-10-24-17/h1-4,7-8,13-14,20-21H,5-6,9-10H2/t13-,14-/m1/s1. The first-order valence-electron chi connectivity index (χ1n) is 8.16. The molecule has 1 fully saturated rings. The maximum absolute atomic E-state index is 12.2. The van der Waals surface area contributed by atoms with Gasteiger partial charge >= 0.3 is 5.97 Å². The van der Waals surface area contributed by atoms with Gasteiger partial charge in [-0.05, 0) is 48.2 Å². The molecule has 0 saturated carbocycles. The largest absolute Gasteiger partial charge is 0.504 e. The average molecular weight is 342 g/mol. The predicted octanol–water partition coefficient (Wildman–Crippen LogP) is 2.40. The first kappa shape index (κ1) is 15.6. The summed E-state index contributed by atoms with van der Waals surface area (Å²) in [5.41, 5.74) is 1.85. The Labute approximate surface area is 144 Å². The van der Waals surface area contributed by atoms with Gasteiger partial charge in [-0.1, -0.05) is 12.1 Å². The third kappa shape index (κ3) is 3.07. The summed E-state index contributed by atoms with van der Waals surface area (Å²) in [6.45, 7) is 0.576. The third-order valence-electron chi connectivity index (χ3n) is 4.74. The molecule has 2 aromatic rings. The molecule has 1 saturated heterocycles. The molecular formula is C19H18O6. The van der Waals surface area contributed by atoms with E-state index in [0.29, 0.717) is 30.9 Å². The highest BCUT2D eigenvalue weighted by Crippen LogP contribution is 2.36. The van der Waals surface area contributed by atoms with Crippen LogP contribution in [0.2, 0.25) is 0 Å². The van der Waals surface area contributed by atoms with Gasteiger partial charge in [-0.25, -0.2) is 0 Å². The summed E-state index contributed by atoms with van der Waals surface area (Å²) < 4.78 is 16.0. The number of hydrogen-bond donors (Lipinski definition) is 2. The summed E-state index contributed by atoms with van der Waals surface area (Å²) in [6, 6.07) is 10.4. The van der Waals surface area contributed by atoms with Gasteiger partial charge in [0.15, 0.2) is 23.0 Å². The topological polar surface area (TPSA) is 85.2 Å². The molecule has 2 N–H and O–H groups in total. The highest BCUT2D eigenvalue weighted by molar-refractivity contribution is 5.75. The van der Waals surface area contributed by atoms with Crippen molar-refractivity contribution in [3.63, 3.8) is 0 Å². The van der Waals surface area contributed by atoms with Gasteiger partial charge in [0.1, 0.15) is 0 Å². The monoisotopic (exact) mass is 342 g/mol. The molecule has 6 heteroatoms. The number of benzene rings is 2. The van der Waals surface area contributed by atoms with Crippen LogP contribution in [0.3, 0.4) is 0 Å². The fraction of sp³-hybridized carbons (Fsp3) is 0.316.